The minimum atomic E-state index is -1.05. The number of carboxylic acid groups (broad SMARTS) is 1. The number of aromatic nitrogens is 1. The van der Waals surface area contributed by atoms with Crippen molar-refractivity contribution < 1.29 is 19.0 Å². The summed E-state index contributed by atoms with van der Waals surface area (Å²) in [4.78, 5) is 15.3. The van der Waals surface area contributed by atoms with Crippen LogP contribution in [-0.2, 0) is 4.79 Å². The molecule has 0 bridgehead atoms. The minimum Gasteiger partial charge on any atom is -0.479 e. The van der Waals surface area contributed by atoms with Crippen molar-refractivity contribution in [1.29, 1.82) is 0 Å². The molecule has 1 atom stereocenters. The number of aliphatic carboxylic acids is 1. The molecule has 1 heterocycles. The molecular formula is C18H14FNO3. The first kappa shape index (κ1) is 15.0. The minimum absolute atomic E-state index is 0.353. The third kappa shape index (κ3) is 2.85. The lowest BCUT2D eigenvalue weighted by Gasteiger charge is -2.15. The molecule has 0 unspecified atom stereocenters. The summed E-state index contributed by atoms with van der Waals surface area (Å²) in [7, 11) is 0. The third-order valence-corrected chi connectivity index (χ3v) is 3.55. The van der Waals surface area contributed by atoms with Crippen molar-refractivity contribution in [3.8, 4) is 16.9 Å². The van der Waals surface area contributed by atoms with Crippen LogP contribution in [0.4, 0.5) is 4.39 Å². The molecule has 1 N–H and O–H groups in total. The van der Waals surface area contributed by atoms with Crippen LogP contribution in [-0.4, -0.2) is 22.2 Å². The molecule has 0 radical (unpaired) electrons. The first-order valence-electron chi connectivity index (χ1n) is 7.10. The van der Waals surface area contributed by atoms with Crippen molar-refractivity contribution in [3.05, 3.63) is 60.5 Å². The van der Waals surface area contributed by atoms with Crippen molar-refractivity contribution in [3.63, 3.8) is 0 Å². The van der Waals surface area contributed by atoms with E-state index in [9.17, 15) is 9.18 Å². The summed E-state index contributed by atoms with van der Waals surface area (Å²) in [5, 5.41) is 9.43. The van der Waals surface area contributed by atoms with Gasteiger partial charge in [0.2, 0.25) is 0 Å². The zero-order valence-electron chi connectivity index (χ0n) is 12.4. The largest absolute Gasteiger partial charge is 0.479 e. The van der Waals surface area contributed by atoms with Crippen molar-refractivity contribution >= 4 is 16.9 Å². The highest BCUT2D eigenvalue weighted by atomic mass is 19.1. The van der Waals surface area contributed by atoms with Gasteiger partial charge >= 0.3 is 5.97 Å². The van der Waals surface area contributed by atoms with E-state index in [0.717, 1.165) is 0 Å². The maximum Gasteiger partial charge on any atom is 0.344 e. The molecule has 1 aromatic heterocycles. The Morgan fingerprint density at radius 1 is 1.13 bits per heavy atom. The Morgan fingerprint density at radius 3 is 2.70 bits per heavy atom. The fourth-order valence-electron chi connectivity index (χ4n) is 2.39. The SMILES string of the molecule is C[C@@H](Oc1ccccc1-c1ccc(F)c2cccnc12)C(=O)O. The second kappa shape index (κ2) is 6.04. The normalized spacial score (nSPS) is 12.1. The molecule has 0 aliphatic heterocycles. The highest BCUT2D eigenvalue weighted by Crippen LogP contribution is 2.35. The van der Waals surface area contributed by atoms with Gasteiger partial charge in [-0.3, -0.25) is 4.98 Å². The molecule has 3 rings (SSSR count). The average molecular weight is 311 g/mol. The molecule has 0 fully saturated rings. The van der Waals surface area contributed by atoms with Gasteiger partial charge in [0.1, 0.15) is 11.6 Å². The van der Waals surface area contributed by atoms with Crippen LogP contribution in [0.5, 0.6) is 5.75 Å². The van der Waals surface area contributed by atoms with Gasteiger partial charge in [-0.2, -0.15) is 0 Å². The van der Waals surface area contributed by atoms with E-state index in [-0.39, 0.29) is 5.82 Å². The van der Waals surface area contributed by atoms with Crippen LogP contribution in [0.3, 0.4) is 0 Å². The Hall–Kier alpha value is -2.95. The smallest absolute Gasteiger partial charge is 0.344 e. The van der Waals surface area contributed by atoms with Gasteiger partial charge in [0.05, 0.1) is 5.52 Å². The number of carboxylic acids is 1. The zero-order valence-corrected chi connectivity index (χ0v) is 12.4. The molecule has 0 amide bonds. The number of carbonyl (C=O) groups is 1. The van der Waals surface area contributed by atoms with Gasteiger partial charge in [-0.25, -0.2) is 9.18 Å². The molecule has 0 aliphatic rings. The molecule has 2 aromatic carbocycles. The van der Waals surface area contributed by atoms with Crippen molar-refractivity contribution in [2.75, 3.05) is 0 Å². The van der Waals surface area contributed by atoms with Crippen LogP contribution in [0.25, 0.3) is 22.0 Å². The Balaban J connectivity index is 2.17. The first-order chi connectivity index (χ1) is 11.1. The van der Waals surface area contributed by atoms with Crippen molar-refractivity contribution in [1.82, 2.24) is 4.98 Å². The summed E-state index contributed by atoms with van der Waals surface area (Å²) in [6, 6.07) is 13.4. The van der Waals surface area contributed by atoms with Crippen LogP contribution in [0, 0.1) is 5.82 Å². The number of hydrogen-bond donors (Lipinski definition) is 1. The predicted octanol–water partition coefficient (Wildman–Crippen LogP) is 3.89. The summed E-state index contributed by atoms with van der Waals surface area (Å²) < 4.78 is 19.5. The van der Waals surface area contributed by atoms with Gasteiger partial charge < -0.3 is 9.84 Å². The fraction of sp³-hybridized carbons (Fsp3) is 0.111. The van der Waals surface area contributed by atoms with Crippen LogP contribution in [0.1, 0.15) is 6.92 Å². The second-order valence-corrected chi connectivity index (χ2v) is 5.09. The number of hydrogen-bond acceptors (Lipinski definition) is 3. The third-order valence-electron chi connectivity index (χ3n) is 3.55. The number of rotatable bonds is 4. The molecule has 5 heteroatoms. The number of halogens is 1. The number of para-hydroxylation sites is 1. The van der Waals surface area contributed by atoms with Crippen LogP contribution >= 0.6 is 0 Å². The lowest BCUT2D eigenvalue weighted by molar-refractivity contribution is -0.144. The predicted molar refractivity (Wildman–Crippen MR) is 84.9 cm³/mol. The van der Waals surface area contributed by atoms with Crippen LogP contribution < -0.4 is 4.74 Å². The summed E-state index contributed by atoms with van der Waals surface area (Å²) in [6.45, 7) is 1.46. The van der Waals surface area contributed by atoms with Crippen LogP contribution in [0.15, 0.2) is 54.7 Å². The van der Waals surface area contributed by atoms with E-state index in [1.54, 1.807) is 42.6 Å². The maximum absolute atomic E-state index is 13.9. The fourth-order valence-corrected chi connectivity index (χ4v) is 2.39. The number of fused-ring (bicyclic) bond motifs is 1. The molecule has 116 valence electrons. The molecule has 0 saturated carbocycles. The molecule has 0 spiro atoms. The number of ether oxygens (including phenoxy) is 1. The second-order valence-electron chi connectivity index (χ2n) is 5.09. The van der Waals surface area contributed by atoms with Gasteiger partial charge in [-0.1, -0.05) is 18.2 Å². The van der Waals surface area contributed by atoms with E-state index in [0.29, 0.717) is 27.8 Å². The Kier molecular flexibility index (Phi) is 3.93. The molecular weight excluding hydrogens is 297 g/mol. The molecule has 23 heavy (non-hydrogen) atoms. The Labute approximate surface area is 132 Å². The molecule has 4 nitrogen and oxygen atoms in total. The number of pyridine rings is 1. The molecule has 0 saturated heterocycles. The van der Waals surface area contributed by atoms with E-state index in [2.05, 4.69) is 4.98 Å². The van der Waals surface area contributed by atoms with E-state index in [1.807, 2.05) is 6.07 Å². The Bertz CT molecular complexity index is 879. The summed E-state index contributed by atoms with van der Waals surface area (Å²) in [5.41, 5.74) is 1.87. The van der Waals surface area contributed by atoms with Gasteiger partial charge in [-0.15, -0.1) is 0 Å². The van der Waals surface area contributed by atoms with E-state index in [1.165, 1.54) is 13.0 Å². The zero-order chi connectivity index (χ0) is 16.4. The average Bonchev–Trinajstić information content (AvgIpc) is 2.56. The molecule has 0 aliphatic carbocycles. The lowest BCUT2D eigenvalue weighted by Crippen LogP contribution is -2.23. The number of nitrogens with zero attached hydrogens (tertiary/aromatic N) is 1. The standard InChI is InChI=1S/C18H14FNO3/c1-11(18(21)22)23-16-7-3-2-5-12(16)13-8-9-15(19)14-6-4-10-20-17(13)14/h2-11H,1H3,(H,21,22)/t11-/m1/s1. The number of benzene rings is 2. The highest BCUT2D eigenvalue weighted by Gasteiger charge is 2.17. The summed E-state index contributed by atoms with van der Waals surface area (Å²) in [6.07, 6.45) is 0.602. The van der Waals surface area contributed by atoms with Gasteiger partial charge in [0.25, 0.3) is 0 Å². The van der Waals surface area contributed by atoms with Crippen molar-refractivity contribution in [2.24, 2.45) is 0 Å². The Morgan fingerprint density at radius 2 is 1.91 bits per heavy atom. The topological polar surface area (TPSA) is 59.4 Å². The summed E-state index contributed by atoms with van der Waals surface area (Å²) in [5.74, 6) is -0.989. The van der Waals surface area contributed by atoms with Gasteiger partial charge in [-0.05, 0) is 37.3 Å². The quantitative estimate of drug-likeness (QED) is 0.794. The van der Waals surface area contributed by atoms with E-state index >= 15 is 0 Å². The summed E-state index contributed by atoms with van der Waals surface area (Å²) >= 11 is 0. The van der Waals surface area contributed by atoms with Gasteiger partial charge in [0, 0.05) is 22.7 Å². The monoisotopic (exact) mass is 311 g/mol. The lowest BCUT2D eigenvalue weighted by atomic mass is 10.0. The molecule has 3 aromatic rings. The highest BCUT2D eigenvalue weighted by molar-refractivity contribution is 5.95. The van der Waals surface area contributed by atoms with Gasteiger partial charge in [0.15, 0.2) is 6.10 Å². The van der Waals surface area contributed by atoms with E-state index < -0.39 is 12.1 Å². The van der Waals surface area contributed by atoms with Crippen molar-refractivity contribution in [2.45, 2.75) is 13.0 Å². The first-order valence-corrected chi connectivity index (χ1v) is 7.10. The van der Waals surface area contributed by atoms with Crippen LogP contribution in [0.2, 0.25) is 0 Å². The maximum atomic E-state index is 13.9. The van der Waals surface area contributed by atoms with E-state index in [4.69, 9.17) is 9.84 Å².